The Morgan fingerprint density at radius 3 is 2.22 bits per heavy atom. The number of halogens is 1. The quantitative estimate of drug-likeness (QED) is 0.539. The molecule has 0 atom stereocenters. The van der Waals surface area contributed by atoms with E-state index in [4.69, 9.17) is 4.74 Å². The molecule has 0 spiro atoms. The van der Waals surface area contributed by atoms with Crippen molar-refractivity contribution in [2.45, 2.75) is 95.0 Å². The molecule has 0 aliphatic heterocycles. The van der Waals surface area contributed by atoms with Gasteiger partial charge in [-0.1, -0.05) is 38.3 Å². The number of fused-ring (bicyclic) bond motifs is 3. The van der Waals surface area contributed by atoms with Crippen LogP contribution in [0.25, 0.3) is 0 Å². The van der Waals surface area contributed by atoms with Gasteiger partial charge in [0, 0.05) is 12.0 Å². The first-order chi connectivity index (χ1) is 15.4. The lowest BCUT2D eigenvalue weighted by atomic mass is 9.51. The van der Waals surface area contributed by atoms with Crippen LogP contribution < -0.4 is 10.1 Å². The summed E-state index contributed by atoms with van der Waals surface area (Å²) in [5.74, 6) is 0.917. The molecular formula is C27H38FNO3. The van der Waals surface area contributed by atoms with E-state index in [0.29, 0.717) is 24.9 Å². The molecule has 1 amide bonds. The summed E-state index contributed by atoms with van der Waals surface area (Å²) in [4.78, 5) is 13.2. The molecule has 0 radical (unpaired) electrons. The van der Waals surface area contributed by atoms with Gasteiger partial charge in [-0.15, -0.1) is 0 Å². The Bertz CT molecular complexity index is 801. The van der Waals surface area contributed by atoms with Gasteiger partial charge < -0.3 is 15.2 Å². The maximum absolute atomic E-state index is 13.2. The first-order valence-corrected chi connectivity index (χ1v) is 12.4. The first kappa shape index (κ1) is 23.3. The van der Waals surface area contributed by atoms with Gasteiger partial charge >= 0.3 is 0 Å². The second-order valence-electron chi connectivity index (χ2n) is 10.5. The number of amides is 1. The topological polar surface area (TPSA) is 58.6 Å². The standard InChI is InChI=1S/C27H38FNO3/c1-2-21(18-28)19-32-23-8-6-22(7-9-23)25-12-15-26(16-13-25,17-14-25)24(30)29-20-27(31)10-4-3-5-11-27/h6-9,18,31H,2-5,10-17,19-20H2,1H3,(H,29,30)/b21-18+. The summed E-state index contributed by atoms with van der Waals surface area (Å²) in [6, 6.07) is 8.28. The van der Waals surface area contributed by atoms with Crippen molar-refractivity contribution in [1.29, 1.82) is 0 Å². The maximum atomic E-state index is 13.2. The molecule has 2 bridgehead atoms. The average Bonchev–Trinajstić information content (AvgIpc) is 2.85. The molecule has 0 saturated heterocycles. The second-order valence-corrected chi connectivity index (χ2v) is 10.5. The van der Waals surface area contributed by atoms with Crippen molar-refractivity contribution in [1.82, 2.24) is 5.32 Å². The summed E-state index contributed by atoms with van der Waals surface area (Å²) in [6.07, 6.45) is 12.0. The number of hydrogen-bond donors (Lipinski definition) is 2. The zero-order valence-electron chi connectivity index (χ0n) is 19.4. The lowest BCUT2D eigenvalue weighted by Crippen LogP contribution is -2.54. The Morgan fingerprint density at radius 2 is 1.66 bits per heavy atom. The predicted molar refractivity (Wildman–Crippen MR) is 124 cm³/mol. The Kier molecular flexibility index (Phi) is 6.94. The van der Waals surface area contributed by atoms with Crippen molar-refractivity contribution in [3.63, 3.8) is 0 Å². The van der Waals surface area contributed by atoms with Crippen molar-refractivity contribution >= 4 is 5.91 Å². The Labute approximate surface area is 191 Å². The third-order valence-electron chi connectivity index (χ3n) is 8.59. The average molecular weight is 444 g/mol. The zero-order chi connectivity index (χ0) is 22.7. The smallest absolute Gasteiger partial charge is 0.226 e. The summed E-state index contributed by atoms with van der Waals surface area (Å²) in [7, 11) is 0. The van der Waals surface area contributed by atoms with E-state index in [1.54, 1.807) is 0 Å². The number of rotatable bonds is 8. The minimum Gasteiger partial charge on any atom is -0.489 e. The number of hydrogen-bond acceptors (Lipinski definition) is 3. The third kappa shape index (κ3) is 4.73. The van der Waals surface area contributed by atoms with Crippen LogP contribution in [0.2, 0.25) is 0 Å². The van der Waals surface area contributed by atoms with E-state index in [2.05, 4.69) is 17.4 Å². The van der Waals surface area contributed by atoms with E-state index in [1.807, 2.05) is 19.1 Å². The Balaban J connectivity index is 1.33. The van der Waals surface area contributed by atoms with Crippen molar-refractivity contribution in [3.05, 3.63) is 41.7 Å². The normalized spacial score (nSPS) is 29.5. The van der Waals surface area contributed by atoms with Gasteiger partial charge in [0.15, 0.2) is 0 Å². The number of carbonyl (C=O) groups is 1. The number of benzene rings is 1. The molecule has 32 heavy (non-hydrogen) atoms. The predicted octanol–water partition coefficient (Wildman–Crippen LogP) is 5.73. The summed E-state index contributed by atoms with van der Waals surface area (Å²) < 4.78 is 18.5. The molecule has 176 valence electrons. The summed E-state index contributed by atoms with van der Waals surface area (Å²) >= 11 is 0. The van der Waals surface area contributed by atoms with Gasteiger partial charge in [-0.3, -0.25) is 4.79 Å². The fraction of sp³-hybridized carbons (Fsp3) is 0.667. The van der Waals surface area contributed by atoms with Gasteiger partial charge in [0.25, 0.3) is 0 Å². The molecule has 0 aromatic heterocycles. The Morgan fingerprint density at radius 1 is 1.03 bits per heavy atom. The fourth-order valence-electron chi connectivity index (χ4n) is 6.07. The minimum absolute atomic E-state index is 0.148. The summed E-state index contributed by atoms with van der Waals surface area (Å²) in [5, 5.41) is 13.9. The minimum atomic E-state index is -0.709. The lowest BCUT2D eigenvalue weighted by Gasteiger charge is -2.53. The van der Waals surface area contributed by atoms with Gasteiger partial charge in [-0.05, 0) is 86.5 Å². The lowest BCUT2D eigenvalue weighted by molar-refractivity contribution is -0.139. The van der Waals surface area contributed by atoms with Crippen LogP contribution in [0.15, 0.2) is 36.2 Å². The molecule has 4 aliphatic carbocycles. The third-order valence-corrected chi connectivity index (χ3v) is 8.59. The molecule has 0 heterocycles. The summed E-state index contributed by atoms with van der Waals surface area (Å²) in [6.45, 7) is 2.60. The number of ether oxygens (including phenoxy) is 1. The van der Waals surface area contributed by atoms with Crippen LogP contribution in [0, 0.1) is 5.41 Å². The SMILES string of the molecule is CC/C(=C\F)COc1ccc(C23CCC(C(=O)NCC4(O)CCCCC4)(CC2)CC3)cc1. The van der Waals surface area contributed by atoms with Crippen LogP contribution in [-0.4, -0.2) is 29.8 Å². The van der Waals surface area contributed by atoms with Crippen LogP contribution in [0.3, 0.4) is 0 Å². The van der Waals surface area contributed by atoms with Crippen LogP contribution >= 0.6 is 0 Å². The first-order valence-electron chi connectivity index (χ1n) is 12.4. The molecule has 1 aromatic rings. The van der Waals surface area contributed by atoms with Crippen molar-refractivity contribution < 1.29 is 19.0 Å². The molecule has 4 aliphatic rings. The largest absolute Gasteiger partial charge is 0.489 e. The van der Waals surface area contributed by atoms with Crippen molar-refractivity contribution in [2.75, 3.05) is 13.2 Å². The molecule has 5 rings (SSSR count). The number of nitrogens with one attached hydrogen (secondary N) is 1. The molecule has 0 unspecified atom stereocenters. The van der Waals surface area contributed by atoms with E-state index in [9.17, 15) is 14.3 Å². The van der Waals surface area contributed by atoms with Gasteiger partial charge in [0.05, 0.1) is 11.9 Å². The van der Waals surface area contributed by atoms with E-state index in [-0.39, 0.29) is 23.3 Å². The van der Waals surface area contributed by atoms with E-state index >= 15 is 0 Å². The van der Waals surface area contributed by atoms with E-state index in [1.165, 1.54) is 12.0 Å². The highest BCUT2D eigenvalue weighted by atomic mass is 19.1. The van der Waals surface area contributed by atoms with Crippen LogP contribution in [0.4, 0.5) is 4.39 Å². The Hall–Kier alpha value is -1.88. The van der Waals surface area contributed by atoms with Crippen LogP contribution in [-0.2, 0) is 10.2 Å². The highest BCUT2D eigenvalue weighted by molar-refractivity contribution is 5.83. The molecule has 4 fully saturated rings. The molecule has 5 heteroatoms. The maximum Gasteiger partial charge on any atom is 0.226 e. The molecule has 1 aromatic carbocycles. The van der Waals surface area contributed by atoms with Crippen LogP contribution in [0.5, 0.6) is 5.75 Å². The fourth-order valence-corrected chi connectivity index (χ4v) is 6.07. The molecule has 2 N–H and O–H groups in total. The van der Waals surface area contributed by atoms with Gasteiger partial charge in [-0.2, -0.15) is 0 Å². The number of aliphatic hydroxyl groups is 1. The van der Waals surface area contributed by atoms with Crippen molar-refractivity contribution in [3.8, 4) is 5.75 Å². The highest BCUT2D eigenvalue weighted by Crippen LogP contribution is 2.58. The van der Waals surface area contributed by atoms with Crippen LogP contribution in [0.1, 0.15) is 89.5 Å². The second kappa shape index (κ2) is 9.54. The monoisotopic (exact) mass is 443 g/mol. The van der Waals surface area contributed by atoms with E-state index < -0.39 is 5.60 Å². The molecule has 4 nitrogen and oxygen atoms in total. The zero-order valence-corrected chi connectivity index (χ0v) is 19.4. The molecular weight excluding hydrogens is 405 g/mol. The summed E-state index contributed by atoms with van der Waals surface area (Å²) in [5.41, 5.74) is 1.16. The number of carbonyl (C=O) groups excluding carboxylic acids is 1. The molecule has 4 saturated carbocycles. The van der Waals surface area contributed by atoms with Gasteiger partial charge in [-0.25, -0.2) is 4.39 Å². The van der Waals surface area contributed by atoms with Gasteiger partial charge in [0.2, 0.25) is 5.91 Å². The highest BCUT2D eigenvalue weighted by Gasteiger charge is 2.53. The van der Waals surface area contributed by atoms with Crippen molar-refractivity contribution in [2.24, 2.45) is 5.41 Å². The van der Waals surface area contributed by atoms with Gasteiger partial charge in [0.1, 0.15) is 12.4 Å². The van der Waals surface area contributed by atoms with E-state index in [0.717, 1.165) is 70.0 Å².